The molecule has 20 heavy (non-hydrogen) atoms. The van der Waals surface area contributed by atoms with Crippen molar-refractivity contribution in [1.82, 2.24) is 10.2 Å². The summed E-state index contributed by atoms with van der Waals surface area (Å²) >= 11 is 0. The first kappa shape index (κ1) is 14.8. The van der Waals surface area contributed by atoms with E-state index >= 15 is 0 Å². The average Bonchev–Trinajstić information content (AvgIpc) is 3.30. The van der Waals surface area contributed by atoms with Crippen LogP contribution in [0.1, 0.15) is 58.3 Å². The van der Waals surface area contributed by atoms with Crippen LogP contribution < -0.4 is 5.32 Å². The van der Waals surface area contributed by atoms with Gasteiger partial charge in [-0.3, -0.25) is 0 Å². The lowest BCUT2D eigenvalue weighted by Gasteiger charge is -2.43. The summed E-state index contributed by atoms with van der Waals surface area (Å²) in [5.74, 6) is 3.05. The fourth-order valence-corrected chi connectivity index (χ4v) is 4.15. The molecule has 3 fully saturated rings. The number of hydrogen-bond donors (Lipinski definition) is 1. The predicted molar refractivity (Wildman–Crippen MR) is 85.9 cm³/mol. The van der Waals surface area contributed by atoms with Gasteiger partial charge < -0.3 is 10.2 Å². The molecule has 0 saturated heterocycles. The van der Waals surface area contributed by atoms with Crippen molar-refractivity contribution in [1.29, 1.82) is 0 Å². The van der Waals surface area contributed by atoms with Crippen molar-refractivity contribution >= 4 is 0 Å². The van der Waals surface area contributed by atoms with E-state index in [1.54, 1.807) is 0 Å². The molecule has 3 aliphatic carbocycles. The van der Waals surface area contributed by atoms with Crippen molar-refractivity contribution in [2.24, 2.45) is 23.2 Å². The molecule has 2 nitrogen and oxygen atoms in total. The average molecular weight is 278 g/mol. The van der Waals surface area contributed by atoms with Crippen LogP contribution in [0.25, 0.3) is 0 Å². The molecule has 2 heteroatoms. The van der Waals surface area contributed by atoms with Gasteiger partial charge in [-0.1, -0.05) is 19.8 Å². The highest BCUT2D eigenvalue weighted by atomic mass is 15.1. The maximum atomic E-state index is 3.51. The standard InChI is InChI=1S/C18H34N2/c1-15-7-9-18(10-8-15,13-19-2)14-20(11-16-3-4-16)12-17-5-6-17/h15-17,19H,3-14H2,1-2H3. The second-order valence-corrected chi connectivity index (χ2v) is 8.29. The quantitative estimate of drug-likeness (QED) is 0.731. The van der Waals surface area contributed by atoms with Gasteiger partial charge in [0.2, 0.25) is 0 Å². The van der Waals surface area contributed by atoms with Crippen LogP contribution in [0.2, 0.25) is 0 Å². The summed E-state index contributed by atoms with van der Waals surface area (Å²) in [5, 5.41) is 3.51. The molecule has 0 aromatic heterocycles. The zero-order chi connectivity index (χ0) is 14.0. The first-order valence-electron chi connectivity index (χ1n) is 9.06. The predicted octanol–water partition coefficient (Wildman–Crippen LogP) is 3.52. The number of hydrogen-bond acceptors (Lipinski definition) is 2. The van der Waals surface area contributed by atoms with Crippen molar-refractivity contribution < 1.29 is 0 Å². The number of rotatable bonds is 8. The third-order valence-electron chi connectivity index (χ3n) is 5.87. The number of nitrogens with zero attached hydrogens (tertiary/aromatic N) is 1. The summed E-state index contributed by atoms with van der Waals surface area (Å²) in [6.07, 6.45) is 11.8. The molecule has 0 aromatic rings. The Morgan fingerprint density at radius 1 is 0.950 bits per heavy atom. The summed E-state index contributed by atoms with van der Waals surface area (Å²) in [7, 11) is 2.14. The third-order valence-corrected chi connectivity index (χ3v) is 5.87. The molecular weight excluding hydrogens is 244 g/mol. The minimum absolute atomic E-state index is 0.574. The zero-order valence-corrected chi connectivity index (χ0v) is 13.7. The highest BCUT2D eigenvalue weighted by Gasteiger charge is 2.38. The fourth-order valence-electron chi connectivity index (χ4n) is 4.15. The molecule has 0 heterocycles. The maximum Gasteiger partial charge on any atom is 0.00504 e. The Bertz CT molecular complexity index is 285. The van der Waals surface area contributed by atoms with E-state index in [-0.39, 0.29) is 0 Å². The van der Waals surface area contributed by atoms with Crippen LogP contribution in [0.3, 0.4) is 0 Å². The van der Waals surface area contributed by atoms with Crippen molar-refractivity contribution in [3.05, 3.63) is 0 Å². The smallest absolute Gasteiger partial charge is 0.00504 e. The molecule has 0 spiro atoms. The van der Waals surface area contributed by atoms with Crippen molar-refractivity contribution in [3.63, 3.8) is 0 Å². The van der Waals surface area contributed by atoms with Gasteiger partial charge >= 0.3 is 0 Å². The third kappa shape index (κ3) is 4.21. The van der Waals surface area contributed by atoms with Gasteiger partial charge in [0, 0.05) is 26.2 Å². The molecule has 0 bridgehead atoms. The molecule has 0 aliphatic heterocycles. The van der Waals surface area contributed by atoms with E-state index in [0.29, 0.717) is 5.41 Å². The maximum absolute atomic E-state index is 3.51. The van der Waals surface area contributed by atoms with Gasteiger partial charge in [-0.2, -0.15) is 0 Å². The molecule has 3 rings (SSSR count). The van der Waals surface area contributed by atoms with Crippen molar-refractivity contribution in [3.8, 4) is 0 Å². The molecular formula is C18H34N2. The van der Waals surface area contributed by atoms with E-state index in [4.69, 9.17) is 0 Å². The Labute approximate surface area is 125 Å². The summed E-state index contributed by atoms with van der Waals surface area (Å²) in [6.45, 7) is 7.84. The van der Waals surface area contributed by atoms with Crippen LogP contribution in [-0.2, 0) is 0 Å². The van der Waals surface area contributed by atoms with Crippen LogP contribution >= 0.6 is 0 Å². The normalized spacial score (nSPS) is 34.6. The first-order valence-corrected chi connectivity index (χ1v) is 9.06. The largest absolute Gasteiger partial charge is 0.319 e. The second kappa shape index (κ2) is 6.36. The first-order chi connectivity index (χ1) is 9.69. The monoisotopic (exact) mass is 278 g/mol. The Morgan fingerprint density at radius 2 is 1.50 bits per heavy atom. The van der Waals surface area contributed by atoms with Gasteiger partial charge in [-0.25, -0.2) is 0 Å². The van der Waals surface area contributed by atoms with Gasteiger partial charge in [0.1, 0.15) is 0 Å². The van der Waals surface area contributed by atoms with Crippen molar-refractivity contribution in [2.45, 2.75) is 58.3 Å². The Hall–Kier alpha value is -0.0800. The lowest BCUT2D eigenvalue weighted by molar-refractivity contribution is 0.0829. The van der Waals surface area contributed by atoms with E-state index in [2.05, 4.69) is 24.2 Å². The second-order valence-electron chi connectivity index (χ2n) is 8.29. The molecule has 0 radical (unpaired) electrons. The SMILES string of the molecule is CNCC1(CN(CC2CC2)CC2CC2)CCC(C)CC1. The van der Waals surface area contributed by atoms with Crippen LogP contribution in [-0.4, -0.2) is 38.1 Å². The molecule has 116 valence electrons. The number of nitrogens with one attached hydrogen (secondary N) is 1. The van der Waals surface area contributed by atoms with Crippen LogP contribution in [0.5, 0.6) is 0 Å². The van der Waals surface area contributed by atoms with Gasteiger partial charge in [0.25, 0.3) is 0 Å². The van der Waals surface area contributed by atoms with Crippen LogP contribution in [0.4, 0.5) is 0 Å². The Kier molecular flexibility index (Phi) is 4.72. The molecule has 0 atom stereocenters. The van der Waals surface area contributed by atoms with Crippen LogP contribution in [0.15, 0.2) is 0 Å². The van der Waals surface area contributed by atoms with E-state index in [1.807, 2.05) is 0 Å². The summed E-state index contributed by atoms with van der Waals surface area (Å²) < 4.78 is 0. The van der Waals surface area contributed by atoms with Crippen molar-refractivity contribution in [2.75, 3.05) is 33.2 Å². The highest BCUT2D eigenvalue weighted by molar-refractivity contribution is 4.91. The highest BCUT2D eigenvalue weighted by Crippen LogP contribution is 2.41. The van der Waals surface area contributed by atoms with E-state index < -0.39 is 0 Å². The Morgan fingerprint density at radius 3 is 1.95 bits per heavy atom. The molecule has 0 aromatic carbocycles. The zero-order valence-electron chi connectivity index (χ0n) is 13.7. The van der Waals surface area contributed by atoms with Gasteiger partial charge in [-0.05, 0) is 68.7 Å². The molecule has 3 aliphatic rings. The lowest BCUT2D eigenvalue weighted by atomic mass is 9.70. The fraction of sp³-hybridized carbons (Fsp3) is 1.00. The van der Waals surface area contributed by atoms with E-state index in [9.17, 15) is 0 Å². The Balaban J connectivity index is 1.59. The minimum atomic E-state index is 0.574. The minimum Gasteiger partial charge on any atom is -0.319 e. The van der Waals surface area contributed by atoms with Crippen LogP contribution in [0, 0.1) is 23.2 Å². The van der Waals surface area contributed by atoms with Gasteiger partial charge in [-0.15, -0.1) is 0 Å². The molecule has 0 unspecified atom stereocenters. The summed E-state index contributed by atoms with van der Waals surface area (Å²) in [5.41, 5.74) is 0.574. The molecule has 3 saturated carbocycles. The van der Waals surface area contributed by atoms with E-state index in [1.165, 1.54) is 77.5 Å². The molecule has 1 N–H and O–H groups in total. The summed E-state index contributed by atoms with van der Waals surface area (Å²) in [4.78, 5) is 2.86. The topological polar surface area (TPSA) is 15.3 Å². The van der Waals surface area contributed by atoms with Gasteiger partial charge in [0.05, 0.1) is 0 Å². The van der Waals surface area contributed by atoms with Gasteiger partial charge in [0.15, 0.2) is 0 Å². The molecule has 0 amide bonds. The lowest BCUT2D eigenvalue weighted by Crippen LogP contribution is -2.46. The summed E-state index contributed by atoms with van der Waals surface area (Å²) in [6, 6.07) is 0. The van der Waals surface area contributed by atoms with E-state index in [0.717, 1.165) is 17.8 Å².